The smallest absolute Gasteiger partial charge is 0.338 e. The molecule has 0 aliphatic heterocycles. The van der Waals surface area contributed by atoms with Crippen molar-refractivity contribution in [1.82, 2.24) is 29.5 Å². The molecule has 1 aliphatic rings. The van der Waals surface area contributed by atoms with Gasteiger partial charge in [0.15, 0.2) is 5.82 Å². The Labute approximate surface area is 251 Å². The van der Waals surface area contributed by atoms with Crippen molar-refractivity contribution in [3.8, 4) is 11.7 Å². The normalized spacial score (nSPS) is 15.1. The maximum absolute atomic E-state index is 14.8. The lowest BCUT2D eigenvalue weighted by molar-refractivity contribution is 0.252. The molecule has 1 aliphatic carbocycles. The van der Waals surface area contributed by atoms with E-state index in [9.17, 15) is 23.2 Å². The Hall–Kier alpha value is -5.18. The number of aliphatic imine (C=N–C) groups is 1. The number of likely N-dealkylation sites (N-methyl/N-ethyl adjacent to an activating group) is 1. The summed E-state index contributed by atoms with van der Waals surface area (Å²) in [6.07, 6.45) is 0.708. The molecular formula is C29H33F2N9O4. The lowest BCUT2D eigenvalue weighted by Crippen LogP contribution is -2.45. The Morgan fingerprint density at radius 2 is 1.91 bits per heavy atom. The van der Waals surface area contributed by atoms with E-state index in [1.807, 2.05) is 0 Å². The zero-order valence-electron chi connectivity index (χ0n) is 24.7. The minimum Gasteiger partial charge on any atom is -0.480 e. The number of anilines is 2. The number of benzene rings is 1. The van der Waals surface area contributed by atoms with E-state index >= 15 is 0 Å². The summed E-state index contributed by atoms with van der Waals surface area (Å²) >= 11 is 0. The molecule has 2 aromatic heterocycles. The van der Waals surface area contributed by atoms with Crippen LogP contribution in [0.4, 0.5) is 30.8 Å². The van der Waals surface area contributed by atoms with E-state index in [1.165, 1.54) is 25.3 Å². The van der Waals surface area contributed by atoms with Gasteiger partial charge in [0.05, 0.1) is 25.1 Å². The summed E-state index contributed by atoms with van der Waals surface area (Å²) in [5.74, 6) is -1.17. The van der Waals surface area contributed by atoms with Crippen molar-refractivity contribution in [2.45, 2.75) is 26.1 Å². The third kappa shape index (κ3) is 7.06. The van der Waals surface area contributed by atoms with Crippen LogP contribution in [0.3, 0.4) is 0 Å². The van der Waals surface area contributed by atoms with E-state index in [2.05, 4.69) is 25.8 Å². The highest BCUT2D eigenvalue weighted by molar-refractivity contribution is 6.06. The van der Waals surface area contributed by atoms with Gasteiger partial charge in [0.1, 0.15) is 23.4 Å². The van der Waals surface area contributed by atoms with Crippen molar-refractivity contribution < 1.29 is 18.3 Å². The number of nitrogens with two attached hydrogens (primary N) is 1. The molecule has 15 heteroatoms. The minimum atomic E-state index is -1.70. The van der Waals surface area contributed by atoms with Crippen LogP contribution in [0.2, 0.25) is 0 Å². The summed E-state index contributed by atoms with van der Waals surface area (Å²) in [5, 5.41) is 13.1. The molecule has 0 fully saturated rings. The maximum Gasteiger partial charge on any atom is 0.338 e. The third-order valence-electron chi connectivity index (χ3n) is 6.55. The molecule has 1 aromatic carbocycles. The first-order valence-corrected chi connectivity index (χ1v) is 13.6. The van der Waals surface area contributed by atoms with E-state index in [0.717, 1.165) is 15.2 Å². The minimum absolute atomic E-state index is 0.0772. The van der Waals surface area contributed by atoms with Gasteiger partial charge in [-0.3, -0.25) is 14.4 Å². The number of nitrogens with zero attached hydrogens (tertiary/aromatic N) is 6. The number of nitrogens with one attached hydrogen (secondary N) is 2. The van der Waals surface area contributed by atoms with Gasteiger partial charge >= 0.3 is 11.7 Å². The number of allylic oxidation sites excluding steroid dienone is 4. The molecule has 2 amide bonds. The number of hydrogen-bond donors (Lipinski definition) is 3. The van der Waals surface area contributed by atoms with Gasteiger partial charge < -0.3 is 26.0 Å². The second-order valence-corrected chi connectivity index (χ2v) is 10.0. The zero-order valence-corrected chi connectivity index (χ0v) is 24.7. The zero-order chi connectivity index (χ0) is 32.0. The fourth-order valence-corrected chi connectivity index (χ4v) is 4.45. The second kappa shape index (κ2) is 13.9. The monoisotopic (exact) mass is 609 g/mol. The highest BCUT2D eigenvalue weighted by atomic mass is 19.1. The van der Waals surface area contributed by atoms with Crippen molar-refractivity contribution in [3.63, 3.8) is 0 Å². The highest BCUT2D eigenvalue weighted by Crippen LogP contribution is 2.26. The number of halogens is 2. The Bertz CT molecular complexity index is 1730. The van der Waals surface area contributed by atoms with Crippen molar-refractivity contribution in [2.24, 2.45) is 4.99 Å². The van der Waals surface area contributed by atoms with Crippen LogP contribution >= 0.6 is 0 Å². The van der Waals surface area contributed by atoms with Crippen molar-refractivity contribution in [3.05, 3.63) is 86.4 Å². The molecule has 44 heavy (non-hydrogen) atoms. The standard InChI is InChI=1S/C29H33F2N9O4/c1-5-33-28(42)35-18-11-9-17(10-12-18)34-22(16-38(2)3)25-26(32)39(15-19-20(30)7-6-8-21(19)31)29(43)40(27(25)41)23-13-14-24(44-4)37-36-23/h6-7,9-14,21H,5,8,15-16,32H2,1-4H3,(H2,33,35,42). The summed E-state index contributed by atoms with van der Waals surface area (Å²) < 4.78 is 36.3. The number of rotatable bonds is 10. The Morgan fingerprint density at radius 1 is 1.18 bits per heavy atom. The number of hydrogen-bond acceptors (Lipinski definition) is 9. The van der Waals surface area contributed by atoms with Gasteiger partial charge in [-0.2, -0.15) is 0 Å². The Kier molecular flexibility index (Phi) is 10.0. The van der Waals surface area contributed by atoms with Crippen LogP contribution < -0.4 is 32.4 Å². The van der Waals surface area contributed by atoms with Crippen LogP contribution in [0.1, 0.15) is 18.9 Å². The molecular weight excluding hydrogens is 576 g/mol. The highest BCUT2D eigenvalue weighted by Gasteiger charge is 2.27. The number of carbonyl (C=O) groups excluding carboxylic acids is 1. The van der Waals surface area contributed by atoms with Crippen LogP contribution in [-0.4, -0.2) is 76.4 Å². The lowest BCUT2D eigenvalue weighted by atomic mass is 10.0. The molecule has 0 radical (unpaired) electrons. The number of urea groups is 1. The van der Waals surface area contributed by atoms with Gasteiger partial charge in [-0.1, -0.05) is 6.08 Å². The fraction of sp³-hybridized carbons (Fsp3) is 0.310. The van der Waals surface area contributed by atoms with Gasteiger partial charge in [-0.05, 0) is 57.4 Å². The molecule has 0 bridgehead atoms. The number of nitrogen functional groups attached to an aromatic ring is 1. The van der Waals surface area contributed by atoms with Crippen LogP contribution in [0.15, 0.2) is 74.5 Å². The average Bonchev–Trinajstić information content (AvgIpc) is 2.97. The van der Waals surface area contributed by atoms with E-state index < -0.39 is 29.8 Å². The SMILES string of the molecule is CCNC(=O)Nc1ccc(N=C(CN(C)C)c2c(N)n(CC3=C(F)C=CCC3F)c(=O)n(-c3ccc(OC)nn3)c2=O)cc1. The van der Waals surface area contributed by atoms with E-state index in [4.69, 9.17) is 10.5 Å². The Balaban J connectivity index is 1.93. The molecule has 1 unspecified atom stereocenters. The molecule has 0 spiro atoms. The first-order valence-electron chi connectivity index (χ1n) is 13.6. The number of alkyl halides is 1. The van der Waals surface area contributed by atoms with Crippen LogP contribution in [0, 0.1) is 0 Å². The number of amides is 2. The molecule has 3 aromatic rings. The van der Waals surface area contributed by atoms with Gasteiger partial charge in [0.25, 0.3) is 5.56 Å². The predicted octanol–water partition coefficient (Wildman–Crippen LogP) is 2.73. The molecule has 0 saturated heterocycles. The predicted molar refractivity (Wildman–Crippen MR) is 164 cm³/mol. The summed E-state index contributed by atoms with van der Waals surface area (Å²) in [6.45, 7) is 1.78. The molecule has 13 nitrogen and oxygen atoms in total. The van der Waals surface area contributed by atoms with Crippen LogP contribution in [-0.2, 0) is 6.54 Å². The summed E-state index contributed by atoms with van der Waals surface area (Å²) in [7, 11) is 4.87. The van der Waals surface area contributed by atoms with E-state index in [0.29, 0.717) is 17.9 Å². The molecule has 4 N–H and O–H groups in total. The van der Waals surface area contributed by atoms with E-state index in [-0.39, 0.29) is 53.4 Å². The molecule has 1 atom stereocenters. The summed E-state index contributed by atoms with van der Waals surface area (Å²) in [6, 6.07) is 8.89. The largest absolute Gasteiger partial charge is 0.480 e. The van der Waals surface area contributed by atoms with Crippen LogP contribution in [0.5, 0.6) is 5.88 Å². The number of carbonyl (C=O) groups is 1. The number of aromatic nitrogens is 4. The summed E-state index contributed by atoms with van der Waals surface area (Å²) in [5.41, 5.74) is 5.28. The summed E-state index contributed by atoms with van der Waals surface area (Å²) in [4.78, 5) is 46.1. The van der Waals surface area contributed by atoms with Gasteiger partial charge in [-0.25, -0.2) is 22.9 Å². The van der Waals surface area contributed by atoms with Gasteiger partial charge in [0, 0.05) is 36.8 Å². The fourth-order valence-electron chi connectivity index (χ4n) is 4.45. The number of ether oxygens (including phenoxy) is 1. The molecule has 232 valence electrons. The van der Waals surface area contributed by atoms with Crippen molar-refractivity contribution in [2.75, 3.05) is 45.3 Å². The van der Waals surface area contributed by atoms with Crippen molar-refractivity contribution in [1.29, 1.82) is 0 Å². The quantitative estimate of drug-likeness (QED) is 0.296. The second-order valence-electron chi connectivity index (χ2n) is 10.0. The third-order valence-corrected chi connectivity index (χ3v) is 6.55. The molecule has 0 saturated carbocycles. The first-order chi connectivity index (χ1) is 21.0. The van der Waals surface area contributed by atoms with Gasteiger partial charge in [0.2, 0.25) is 5.88 Å². The van der Waals surface area contributed by atoms with Crippen molar-refractivity contribution >= 4 is 28.9 Å². The lowest BCUT2D eigenvalue weighted by Gasteiger charge is -2.22. The topological polar surface area (TPSA) is 162 Å². The molecule has 4 rings (SSSR count). The Morgan fingerprint density at radius 3 is 2.50 bits per heavy atom. The van der Waals surface area contributed by atoms with Gasteiger partial charge in [-0.15, -0.1) is 10.2 Å². The average molecular weight is 610 g/mol. The first kappa shape index (κ1) is 31.7. The van der Waals surface area contributed by atoms with E-state index in [1.54, 1.807) is 50.2 Å². The number of methoxy groups -OCH3 is 1. The molecule has 2 heterocycles. The van der Waals surface area contributed by atoms with Crippen LogP contribution in [0.25, 0.3) is 5.82 Å². The maximum atomic E-state index is 14.8.